The molecule has 0 bridgehead atoms. The SMILES string of the molecule is NC1CCC(C(=O)N2CCC(Cc3ccccc3)CC2)C1. The normalized spacial score (nSPS) is 27.0. The number of hydrogen-bond donors (Lipinski definition) is 1. The summed E-state index contributed by atoms with van der Waals surface area (Å²) < 4.78 is 0. The average molecular weight is 286 g/mol. The second kappa shape index (κ2) is 6.61. The van der Waals surface area contributed by atoms with Crippen LogP contribution in [0, 0.1) is 11.8 Å². The smallest absolute Gasteiger partial charge is 0.225 e. The summed E-state index contributed by atoms with van der Waals surface area (Å²) in [5, 5.41) is 0. The van der Waals surface area contributed by atoms with Gasteiger partial charge in [-0.2, -0.15) is 0 Å². The van der Waals surface area contributed by atoms with Crippen molar-refractivity contribution >= 4 is 5.91 Å². The van der Waals surface area contributed by atoms with E-state index in [1.165, 1.54) is 5.56 Å². The third kappa shape index (κ3) is 3.65. The van der Waals surface area contributed by atoms with E-state index < -0.39 is 0 Å². The Morgan fingerprint density at radius 2 is 1.81 bits per heavy atom. The zero-order chi connectivity index (χ0) is 14.7. The molecular formula is C18H26N2O. The van der Waals surface area contributed by atoms with Crippen molar-refractivity contribution < 1.29 is 4.79 Å². The van der Waals surface area contributed by atoms with Gasteiger partial charge in [0.15, 0.2) is 0 Å². The summed E-state index contributed by atoms with van der Waals surface area (Å²) >= 11 is 0. The van der Waals surface area contributed by atoms with Crippen LogP contribution in [0.1, 0.15) is 37.7 Å². The van der Waals surface area contributed by atoms with E-state index in [9.17, 15) is 4.79 Å². The minimum Gasteiger partial charge on any atom is -0.342 e. The van der Waals surface area contributed by atoms with Crippen molar-refractivity contribution in [2.24, 2.45) is 17.6 Å². The number of hydrogen-bond acceptors (Lipinski definition) is 2. The summed E-state index contributed by atoms with van der Waals surface area (Å²) in [7, 11) is 0. The van der Waals surface area contributed by atoms with Crippen LogP contribution >= 0.6 is 0 Å². The van der Waals surface area contributed by atoms with Crippen LogP contribution < -0.4 is 5.73 Å². The predicted molar refractivity (Wildman–Crippen MR) is 84.8 cm³/mol. The molecule has 21 heavy (non-hydrogen) atoms. The lowest BCUT2D eigenvalue weighted by Crippen LogP contribution is -2.41. The molecular weight excluding hydrogens is 260 g/mol. The van der Waals surface area contributed by atoms with Crippen molar-refractivity contribution in [2.75, 3.05) is 13.1 Å². The van der Waals surface area contributed by atoms with Crippen molar-refractivity contribution in [3.63, 3.8) is 0 Å². The number of likely N-dealkylation sites (tertiary alicyclic amines) is 1. The molecule has 114 valence electrons. The van der Waals surface area contributed by atoms with Gasteiger partial charge >= 0.3 is 0 Å². The van der Waals surface area contributed by atoms with Crippen LogP contribution in [0.5, 0.6) is 0 Å². The first kappa shape index (κ1) is 14.6. The highest BCUT2D eigenvalue weighted by Gasteiger charge is 2.32. The topological polar surface area (TPSA) is 46.3 Å². The van der Waals surface area contributed by atoms with Crippen LogP contribution in [0.2, 0.25) is 0 Å². The number of nitrogens with two attached hydrogens (primary N) is 1. The third-order valence-corrected chi connectivity index (χ3v) is 5.12. The maximum Gasteiger partial charge on any atom is 0.225 e. The molecule has 0 aromatic heterocycles. The van der Waals surface area contributed by atoms with E-state index >= 15 is 0 Å². The van der Waals surface area contributed by atoms with Gasteiger partial charge < -0.3 is 10.6 Å². The molecule has 1 amide bonds. The number of benzene rings is 1. The van der Waals surface area contributed by atoms with Gasteiger partial charge in [-0.1, -0.05) is 30.3 Å². The molecule has 1 aromatic carbocycles. The highest BCUT2D eigenvalue weighted by molar-refractivity contribution is 5.79. The van der Waals surface area contributed by atoms with Gasteiger partial charge in [0, 0.05) is 25.0 Å². The highest BCUT2D eigenvalue weighted by Crippen LogP contribution is 2.28. The summed E-state index contributed by atoms with van der Waals surface area (Å²) in [6.45, 7) is 1.87. The van der Waals surface area contributed by atoms with Crippen molar-refractivity contribution in [1.82, 2.24) is 4.90 Å². The molecule has 1 saturated carbocycles. The van der Waals surface area contributed by atoms with Gasteiger partial charge in [0.05, 0.1) is 0 Å². The Labute approximate surface area is 127 Å². The first-order chi connectivity index (χ1) is 10.2. The third-order valence-electron chi connectivity index (χ3n) is 5.12. The number of carbonyl (C=O) groups is 1. The van der Waals surface area contributed by atoms with E-state index in [0.717, 1.165) is 57.5 Å². The largest absolute Gasteiger partial charge is 0.342 e. The van der Waals surface area contributed by atoms with Crippen molar-refractivity contribution in [1.29, 1.82) is 0 Å². The number of rotatable bonds is 3. The number of carbonyl (C=O) groups excluding carboxylic acids is 1. The van der Waals surface area contributed by atoms with Gasteiger partial charge in [-0.05, 0) is 50.0 Å². The van der Waals surface area contributed by atoms with Crippen LogP contribution in [-0.2, 0) is 11.2 Å². The molecule has 1 heterocycles. The molecule has 3 heteroatoms. The monoisotopic (exact) mass is 286 g/mol. The molecule has 1 aromatic rings. The van der Waals surface area contributed by atoms with E-state index in [0.29, 0.717) is 5.91 Å². The molecule has 2 fully saturated rings. The van der Waals surface area contributed by atoms with Gasteiger partial charge in [-0.25, -0.2) is 0 Å². The fraction of sp³-hybridized carbons (Fsp3) is 0.611. The lowest BCUT2D eigenvalue weighted by atomic mass is 9.89. The van der Waals surface area contributed by atoms with Gasteiger partial charge in [0.2, 0.25) is 5.91 Å². The average Bonchev–Trinajstić information content (AvgIpc) is 2.95. The molecule has 2 N–H and O–H groups in total. The van der Waals surface area contributed by atoms with Crippen LogP contribution in [-0.4, -0.2) is 29.9 Å². The van der Waals surface area contributed by atoms with E-state index in [2.05, 4.69) is 35.2 Å². The highest BCUT2D eigenvalue weighted by atomic mass is 16.2. The number of amides is 1. The first-order valence-corrected chi connectivity index (χ1v) is 8.30. The van der Waals surface area contributed by atoms with Gasteiger partial charge in [-0.3, -0.25) is 4.79 Å². The van der Waals surface area contributed by atoms with E-state index in [1.807, 2.05) is 0 Å². The van der Waals surface area contributed by atoms with Crippen LogP contribution in [0.4, 0.5) is 0 Å². The molecule has 1 saturated heterocycles. The van der Waals surface area contributed by atoms with E-state index in [1.54, 1.807) is 0 Å². The lowest BCUT2D eigenvalue weighted by Gasteiger charge is -2.33. The second-order valence-electron chi connectivity index (χ2n) is 6.73. The molecule has 2 atom stereocenters. The second-order valence-corrected chi connectivity index (χ2v) is 6.73. The molecule has 0 spiro atoms. The molecule has 2 aliphatic rings. The lowest BCUT2D eigenvalue weighted by molar-refractivity contribution is -0.136. The Kier molecular flexibility index (Phi) is 4.59. The fourth-order valence-corrected chi connectivity index (χ4v) is 3.80. The van der Waals surface area contributed by atoms with Gasteiger partial charge in [0.1, 0.15) is 0 Å². The summed E-state index contributed by atoms with van der Waals surface area (Å²) in [5.74, 6) is 1.29. The fourth-order valence-electron chi connectivity index (χ4n) is 3.80. The first-order valence-electron chi connectivity index (χ1n) is 8.30. The molecule has 3 rings (SSSR count). The van der Waals surface area contributed by atoms with Crippen LogP contribution in [0.3, 0.4) is 0 Å². The van der Waals surface area contributed by atoms with Gasteiger partial charge in [-0.15, -0.1) is 0 Å². The standard InChI is InChI=1S/C18H26N2O/c19-17-7-6-16(13-17)18(21)20-10-8-15(9-11-20)12-14-4-2-1-3-5-14/h1-5,15-17H,6-13,19H2. The minimum absolute atomic E-state index is 0.200. The van der Waals surface area contributed by atoms with E-state index in [4.69, 9.17) is 5.73 Å². The van der Waals surface area contributed by atoms with Crippen LogP contribution in [0.25, 0.3) is 0 Å². The molecule has 3 nitrogen and oxygen atoms in total. The maximum absolute atomic E-state index is 12.5. The minimum atomic E-state index is 0.200. The summed E-state index contributed by atoms with van der Waals surface area (Å²) in [6, 6.07) is 10.9. The Balaban J connectivity index is 1.47. The zero-order valence-electron chi connectivity index (χ0n) is 12.7. The Hall–Kier alpha value is -1.35. The van der Waals surface area contributed by atoms with Crippen molar-refractivity contribution in [2.45, 2.75) is 44.6 Å². The summed E-state index contributed by atoms with van der Waals surface area (Å²) in [6.07, 6.45) is 6.32. The van der Waals surface area contributed by atoms with E-state index in [-0.39, 0.29) is 12.0 Å². The Morgan fingerprint density at radius 1 is 1.10 bits per heavy atom. The van der Waals surface area contributed by atoms with Gasteiger partial charge in [0.25, 0.3) is 0 Å². The summed E-state index contributed by atoms with van der Waals surface area (Å²) in [4.78, 5) is 14.6. The molecule has 1 aliphatic carbocycles. The Morgan fingerprint density at radius 3 is 2.43 bits per heavy atom. The predicted octanol–water partition coefficient (Wildman–Crippen LogP) is 2.60. The number of nitrogens with zero attached hydrogens (tertiary/aromatic N) is 1. The Bertz CT molecular complexity index is 465. The molecule has 1 aliphatic heterocycles. The number of piperidine rings is 1. The quantitative estimate of drug-likeness (QED) is 0.928. The molecule has 0 radical (unpaired) electrons. The van der Waals surface area contributed by atoms with Crippen molar-refractivity contribution in [3.8, 4) is 0 Å². The molecule has 2 unspecified atom stereocenters. The van der Waals surface area contributed by atoms with Crippen molar-refractivity contribution in [3.05, 3.63) is 35.9 Å². The maximum atomic E-state index is 12.5. The zero-order valence-corrected chi connectivity index (χ0v) is 12.7. The summed E-state index contributed by atoms with van der Waals surface area (Å²) in [5.41, 5.74) is 7.35. The van der Waals surface area contributed by atoms with Crippen LogP contribution in [0.15, 0.2) is 30.3 Å².